The standard InChI is InChI=1S/C13H16ClFN2O/c1-16-12-3-2-6-17(13(12)18)8-9-4-5-11(15)10(14)7-9/h4-5,7,12,16H,2-3,6,8H2,1H3. The van der Waals surface area contributed by atoms with Gasteiger partial charge in [0.15, 0.2) is 0 Å². The monoisotopic (exact) mass is 270 g/mol. The van der Waals surface area contributed by atoms with Crippen LogP contribution in [0.3, 0.4) is 0 Å². The molecule has 1 amide bonds. The predicted octanol–water partition coefficient (Wildman–Crippen LogP) is 2.19. The van der Waals surface area contributed by atoms with Crippen LogP contribution < -0.4 is 5.32 Å². The van der Waals surface area contributed by atoms with Gasteiger partial charge < -0.3 is 10.2 Å². The summed E-state index contributed by atoms with van der Waals surface area (Å²) in [7, 11) is 1.79. The van der Waals surface area contributed by atoms with E-state index in [4.69, 9.17) is 11.6 Å². The lowest BCUT2D eigenvalue weighted by molar-refractivity contribution is -0.136. The number of hydrogen-bond donors (Lipinski definition) is 1. The lowest BCUT2D eigenvalue weighted by Crippen LogP contribution is -2.49. The van der Waals surface area contributed by atoms with Gasteiger partial charge in [0.25, 0.3) is 0 Å². The highest BCUT2D eigenvalue weighted by atomic mass is 35.5. The van der Waals surface area contributed by atoms with Crippen molar-refractivity contribution in [2.75, 3.05) is 13.6 Å². The molecular weight excluding hydrogens is 255 g/mol. The molecule has 5 heteroatoms. The Morgan fingerprint density at radius 3 is 3.00 bits per heavy atom. The number of piperidine rings is 1. The van der Waals surface area contributed by atoms with Crippen molar-refractivity contribution in [3.05, 3.63) is 34.6 Å². The first-order chi connectivity index (χ1) is 8.61. The van der Waals surface area contributed by atoms with Crippen molar-refractivity contribution in [3.8, 4) is 0 Å². The van der Waals surface area contributed by atoms with Crippen molar-refractivity contribution >= 4 is 17.5 Å². The van der Waals surface area contributed by atoms with Crippen LogP contribution in [0, 0.1) is 5.82 Å². The number of likely N-dealkylation sites (tertiary alicyclic amines) is 1. The minimum atomic E-state index is -0.432. The third kappa shape index (κ3) is 2.82. The Hall–Kier alpha value is -1.13. The molecule has 1 aliphatic rings. The second-order valence-electron chi connectivity index (χ2n) is 4.49. The van der Waals surface area contributed by atoms with E-state index < -0.39 is 5.82 Å². The lowest BCUT2D eigenvalue weighted by Gasteiger charge is -2.32. The van der Waals surface area contributed by atoms with E-state index >= 15 is 0 Å². The van der Waals surface area contributed by atoms with E-state index in [-0.39, 0.29) is 17.0 Å². The largest absolute Gasteiger partial charge is 0.337 e. The van der Waals surface area contributed by atoms with Gasteiger partial charge in [0, 0.05) is 13.1 Å². The molecule has 2 rings (SSSR count). The third-order valence-corrected chi connectivity index (χ3v) is 3.53. The number of carbonyl (C=O) groups is 1. The van der Waals surface area contributed by atoms with E-state index in [2.05, 4.69) is 5.32 Å². The number of hydrogen-bond acceptors (Lipinski definition) is 2. The van der Waals surface area contributed by atoms with Crippen LogP contribution in [0.15, 0.2) is 18.2 Å². The van der Waals surface area contributed by atoms with Crippen LogP contribution in [0.1, 0.15) is 18.4 Å². The van der Waals surface area contributed by atoms with Gasteiger partial charge in [0.1, 0.15) is 5.82 Å². The highest BCUT2D eigenvalue weighted by molar-refractivity contribution is 6.30. The zero-order chi connectivity index (χ0) is 13.1. The molecule has 0 spiro atoms. The quantitative estimate of drug-likeness (QED) is 0.913. The average Bonchev–Trinajstić information content (AvgIpc) is 2.36. The Bertz CT molecular complexity index is 453. The molecule has 1 fully saturated rings. The summed E-state index contributed by atoms with van der Waals surface area (Å²) in [5.74, 6) is -0.331. The van der Waals surface area contributed by atoms with E-state index in [9.17, 15) is 9.18 Å². The molecule has 0 radical (unpaired) electrons. The van der Waals surface area contributed by atoms with Crippen LogP contribution in [0.2, 0.25) is 5.02 Å². The van der Waals surface area contributed by atoms with Gasteiger partial charge in [-0.25, -0.2) is 4.39 Å². The summed E-state index contributed by atoms with van der Waals surface area (Å²) in [5.41, 5.74) is 0.853. The molecule has 1 heterocycles. The first-order valence-corrected chi connectivity index (χ1v) is 6.39. The zero-order valence-electron chi connectivity index (χ0n) is 10.2. The summed E-state index contributed by atoms with van der Waals surface area (Å²) in [6, 6.07) is 4.47. The second-order valence-corrected chi connectivity index (χ2v) is 4.90. The summed E-state index contributed by atoms with van der Waals surface area (Å²) in [5, 5.41) is 3.11. The molecule has 1 saturated heterocycles. The molecule has 3 nitrogen and oxygen atoms in total. The Labute approximate surface area is 111 Å². The minimum Gasteiger partial charge on any atom is -0.337 e. The zero-order valence-corrected chi connectivity index (χ0v) is 11.0. The average molecular weight is 271 g/mol. The number of benzene rings is 1. The predicted molar refractivity (Wildman–Crippen MR) is 68.9 cm³/mol. The van der Waals surface area contributed by atoms with Crippen LogP contribution in [0.5, 0.6) is 0 Å². The number of carbonyl (C=O) groups excluding carboxylic acids is 1. The molecule has 18 heavy (non-hydrogen) atoms. The van der Waals surface area contributed by atoms with Gasteiger partial charge in [-0.2, -0.15) is 0 Å². The lowest BCUT2D eigenvalue weighted by atomic mass is 10.0. The van der Waals surface area contributed by atoms with Crippen molar-refractivity contribution in [3.63, 3.8) is 0 Å². The summed E-state index contributed by atoms with van der Waals surface area (Å²) in [6.45, 7) is 1.23. The molecule has 1 aromatic carbocycles. The maximum absolute atomic E-state index is 13.0. The van der Waals surface area contributed by atoms with E-state index in [1.807, 2.05) is 0 Å². The molecule has 0 bridgehead atoms. The molecule has 0 saturated carbocycles. The smallest absolute Gasteiger partial charge is 0.239 e. The van der Waals surface area contributed by atoms with Crippen molar-refractivity contribution in [2.24, 2.45) is 0 Å². The molecule has 1 unspecified atom stereocenters. The van der Waals surface area contributed by atoms with Gasteiger partial charge >= 0.3 is 0 Å². The first-order valence-electron chi connectivity index (χ1n) is 6.02. The normalized spacial score (nSPS) is 20.3. The number of halogens is 2. The molecular formula is C13H16ClFN2O. The number of amides is 1. The summed E-state index contributed by atoms with van der Waals surface area (Å²) < 4.78 is 13.0. The van der Waals surface area contributed by atoms with Crippen LogP contribution in [-0.2, 0) is 11.3 Å². The molecule has 1 atom stereocenters. The Morgan fingerprint density at radius 1 is 1.56 bits per heavy atom. The number of likely N-dealkylation sites (N-methyl/N-ethyl adjacent to an activating group) is 1. The van der Waals surface area contributed by atoms with Gasteiger partial charge in [0.2, 0.25) is 5.91 Å². The maximum atomic E-state index is 13.0. The van der Waals surface area contributed by atoms with E-state index in [0.29, 0.717) is 6.54 Å². The van der Waals surface area contributed by atoms with Gasteiger partial charge in [-0.3, -0.25) is 4.79 Å². The SMILES string of the molecule is CNC1CCCN(Cc2ccc(F)c(Cl)c2)C1=O. The van der Waals surface area contributed by atoms with E-state index in [1.54, 1.807) is 24.1 Å². The summed E-state index contributed by atoms with van der Waals surface area (Å²) in [4.78, 5) is 13.9. The Kier molecular flexibility index (Phi) is 4.19. The highest BCUT2D eigenvalue weighted by Crippen LogP contribution is 2.19. The Balaban J connectivity index is 2.08. The van der Waals surface area contributed by atoms with E-state index in [0.717, 1.165) is 24.9 Å². The molecule has 0 aromatic heterocycles. The van der Waals surface area contributed by atoms with Crippen LogP contribution in [0.25, 0.3) is 0 Å². The van der Waals surface area contributed by atoms with Crippen LogP contribution in [-0.4, -0.2) is 30.4 Å². The van der Waals surface area contributed by atoms with Gasteiger partial charge in [-0.1, -0.05) is 17.7 Å². The highest BCUT2D eigenvalue weighted by Gasteiger charge is 2.27. The molecule has 1 N–H and O–H groups in total. The Morgan fingerprint density at radius 2 is 2.33 bits per heavy atom. The fourth-order valence-electron chi connectivity index (χ4n) is 2.22. The maximum Gasteiger partial charge on any atom is 0.239 e. The summed E-state index contributed by atoms with van der Waals surface area (Å²) in [6.07, 6.45) is 1.85. The van der Waals surface area contributed by atoms with Crippen molar-refractivity contribution in [1.82, 2.24) is 10.2 Å². The van der Waals surface area contributed by atoms with Crippen LogP contribution >= 0.6 is 11.6 Å². The van der Waals surface area contributed by atoms with Gasteiger partial charge in [-0.15, -0.1) is 0 Å². The molecule has 1 aliphatic heterocycles. The minimum absolute atomic E-state index is 0.0992. The van der Waals surface area contributed by atoms with Crippen LogP contribution in [0.4, 0.5) is 4.39 Å². The van der Waals surface area contributed by atoms with Crippen molar-refractivity contribution < 1.29 is 9.18 Å². The fraction of sp³-hybridized carbons (Fsp3) is 0.462. The number of nitrogens with zero attached hydrogens (tertiary/aromatic N) is 1. The van der Waals surface area contributed by atoms with Crippen molar-refractivity contribution in [1.29, 1.82) is 0 Å². The molecule has 98 valence electrons. The first kappa shape index (κ1) is 13.3. The third-order valence-electron chi connectivity index (χ3n) is 3.24. The van der Waals surface area contributed by atoms with E-state index in [1.165, 1.54) is 6.07 Å². The molecule has 0 aliphatic carbocycles. The van der Waals surface area contributed by atoms with Crippen molar-refractivity contribution in [2.45, 2.75) is 25.4 Å². The topological polar surface area (TPSA) is 32.3 Å². The second kappa shape index (κ2) is 5.67. The number of rotatable bonds is 3. The fourth-order valence-corrected chi connectivity index (χ4v) is 2.43. The van der Waals surface area contributed by atoms with Gasteiger partial charge in [0.05, 0.1) is 11.1 Å². The molecule has 1 aromatic rings. The summed E-state index contributed by atoms with van der Waals surface area (Å²) >= 11 is 5.73. The number of nitrogens with one attached hydrogen (secondary N) is 1. The van der Waals surface area contributed by atoms with Gasteiger partial charge in [-0.05, 0) is 37.6 Å².